The molecule has 7 aromatic rings. The summed E-state index contributed by atoms with van der Waals surface area (Å²) in [5, 5.41) is 14.4. The molecule has 2 aromatic heterocycles. The van der Waals surface area contributed by atoms with Crippen molar-refractivity contribution in [3.63, 3.8) is 0 Å². The Morgan fingerprint density at radius 1 is 0.571 bits per heavy atom. The van der Waals surface area contributed by atoms with Crippen LogP contribution in [0.2, 0.25) is 0 Å². The lowest BCUT2D eigenvalue weighted by Gasteiger charge is -2.35. The molecule has 8 atom stereocenters. The minimum Gasteiger partial charge on any atom is -0.347 e. The Balaban J connectivity index is 0.827. The summed E-state index contributed by atoms with van der Waals surface area (Å²) < 4.78 is 2.01. The van der Waals surface area contributed by atoms with E-state index in [9.17, 15) is 19.2 Å². The van der Waals surface area contributed by atoms with E-state index in [0.717, 1.165) is 117 Å². The Morgan fingerprint density at radius 3 is 1.50 bits per heavy atom. The van der Waals surface area contributed by atoms with Crippen molar-refractivity contribution >= 4 is 78.4 Å². The number of hydrogen-bond acceptors (Lipinski definition) is 11. The molecule has 0 radical (unpaired) electrons. The highest BCUT2D eigenvalue weighted by molar-refractivity contribution is 7.19. The maximum absolute atomic E-state index is 15.3. The molecule has 4 heterocycles. The van der Waals surface area contributed by atoms with Crippen LogP contribution in [0.5, 0.6) is 0 Å². The molecule has 5 amide bonds. The number of thiazole rings is 2. The average Bonchev–Trinajstić information content (AvgIpc) is 2.65. The third kappa shape index (κ3) is 12.8. The van der Waals surface area contributed by atoms with Crippen molar-refractivity contribution in [2.45, 2.75) is 147 Å². The molecule has 438 valence electrons. The van der Waals surface area contributed by atoms with Crippen LogP contribution in [0.3, 0.4) is 0 Å². The van der Waals surface area contributed by atoms with Gasteiger partial charge >= 0.3 is 0 Å². The number of amides is 5. The van der Waals surface area contributed by atoms with Crippen LogP contribution in [0.4, 0.5) is 0 Å². The van der Waals surface area contributed by atoms with Gasteiger partial charge in [0.05, 0.1) is 38.6 Å². The first kappa shape index (κ1) is 58.6. The second-order valence-electron chi connectivity index (χ2n) is 23.9. The van der Waals surface area contributed by atoms with Crippen LogP contribution in [0.15, 0.2) is 121 Å². The van der Waals surface area contributed by atoms with Crippen LogP contribution < -0.4 is 21.3 Å². The van der Waals surface area contributed by atoms with E-state index in [1.165, 1.54) is 0 Å². The molecule has 4 N–H and O–H groups in total. The lowest BCUT2D eigenvalue weighted by atomic mass is 9.76. The number of carbonyl (C=O) groups is 6. The summed E-state index contributed by atoms with van der Waals surface area (Å²) in [6.45, 7) is 6.22. The van der Waals surface area contributed by atoms with Crippen LogP contribution >= 0.6 is 22.7 Å². The highest BCUT2D eigenvalue weighted by Crippen LogP contribution is 2.44. The van der Waals surface area contributed by atoms with Crippen molar-refractivity contribution in [3.8, 4) is 22.3 Å². The number of likely N-dealkylation sites (tertiary alicyclic amines) is 2. The van der Waals surface area contributed by atoms with Gasteiger partial charge in [-0.2, -0.15) is 0 Å². The van der Waals surface area contributed by atoms with E-state index in [-0.39, 0.29) is 78.6 Å². The molecule has 2 saturated carbocycles. The highest BCUT2D eigenvalue weighted by atomic mass is 32.1. The predicted molar refractivity (Wildman–Crippen MR) is 333 cm³/mol. The lowest BCUT2D eigenvalue weighted by Crippen LogP contribution is -2.54. The number of fused-ring (bicyclic) bond motifs is 2. The minimum atomic E-state index is -0.697. The Hall–Kier alpha value is -7.14. The molecule has 0 bridgehead atoms. The average molecular weight is 1170 g/mol. The maximum atomic E-state index is 15.3. The first-order chi connectivity index (χ1) is 40.8. The number of likely N-dealkylation sites (N-methyl/N-ethyl adjacent to an activating group) is 1. The van der Waals surface area contributed by atoms with E-state index >= 15 is 9.59 Å². The Bertz CT molecular complexity index is 3260. The van der Waals surface area contributed by atoms with E-state index in [1.807, 2.05) is 79.1 Å². The van der Waals surface area contributed by atoms with E-state index < -0.39 is 36.1 Å². The van der Waals surface area contributed by atoms with Gasteiger partial charge in [-0.15, -0.1) is 22.7 Å². The summed E-state index contributed by atoms with van der Waals surface area (Å²) in [5.41, 5.74) is 6.56. The van der Waals surface area contributed by atoms with E-state index in [2.05, 4.69) is 69.8 Å². The molecule has 11 rings (SSSR count). The number of nitrogens with one attached hydrogen (secondary N) is 4. The predicted octanol–water partition coefficient (Wildman–Crippen LogP) is 12.3. The first-order valence-corrected chi connectivity index (χ1v) is 32.2. The fourth-order valence-corrected chi connectivity index (χ4v) is 15.6. The summed E-state index contributed by atoms with van der Waals surface area (Å²) in [5.74, 6) is -1.63. The van der Waals surface area contributed by atoms with Crippen molar-refractivity contribution in [2.24, 2.45) is 23.7 Å². The van der Waals surface area contributed by atoms with Crippen molar-refractivity contribution in [1.29, 1.82) is 0 Å². The molecule has 2 aliphatic heterocycles. The number of ketones is 1. The highest BCUT2D eigenvalue weighted by Gasteiger charge is 2.46. The minimum absolute atomic E-state index is 0.000863. The van der Waals surface area contributed by atoms with Gasteiger partial charge in [-0.1, -0.05) is 137 Å². The van der Waals surface area contributed by atoms with E-state index in [1.54, 1.807) is 54.0 Å². The van der Waals surface area contributed by atoms with Gasteiger partial charge in [-0.05, 0) is 118 Å². The van der Waals surface area contributed by atoms with Gasteiger partial charge in [0.1, 0.15) is 21.8 Å². The molecule has 4 fully saturated rings. The van der Waals surface area contributed by atoms with Gasteiger partial charge in [0.15, 0.2) is 0 Å². The molecular weight excluding hydrogens is 1090 g/mol. The standard InChI is InChI=1S/C68H78N8O6S2/c1-5-41(2)62(78)72-59(46-26-16-9-17-27-46)68(82)76-40-50(37-55(76)66-74-61-52(29-19-31-58(61)84-66)44-22-12-7-13-23-44)71-64(80)48-34-32-47(33-35-48)63(79)70-49-36-54(65-73-60-51(28-18-30-57(60)83-65)43-20-10-6-11-21-43)75(39-49)67(81)53(38-56(77)42(3)69-4)45-24-14-8-15-25-45/h6-7,10-13,18-23,28-35,41-42,45-46,49-50,53-55,59,69H,5,8-9,14-17,24-27,36-40H2,1-4H3,(H,70,79)(H,71,80)(H,72,78)/t41-,42+,49+,50+,53+,54+,55+,59+/m1/s1. The maximum Gasteiger partial charge on any atom is 0.251 e. The van der Waals surface area contributed by atoms with Crippen LogP contribution in [-0.2, 0) is 19.2 Å². The van der Waals surface area contributed by atoms with Crippen LogP contribution in [0.1, 0.15) is 153 Å². The third-order valence-corrected chi connectivity index (χ3v) is 20.7. The van der Waals surface area contributed by atoms with Crippen molar-refractivity contribution < 1.29 is 28.8 Å². The van der Waals surface area contributed by atoms with Crippen molar-refractivity contribution in [2.75, 3.05) is 20.1 Å². The zero-order valence-corrected chi connectivity index (χ0v) is 50.3. The van der Waals surface area contributed by atoms with Crippen molar-refractivity contribution in [3.05, 3.63) is 142 Å². The number of nitrogens with zero attached hydrogens (tertiary/aromatic N) is 4. The summed E-state index contributed by atoms with van der Waals surface area (Å²) in [4.78, 5) is 101. The fourth-order valence-electron chi connectivity index (χ4n) is 13.3. The molecule has 2 aliphatic carbocycles. The van der Waals surface area contributed by atoms with Gasteiger partial charge in [-0.25, -0.2) is 9.97 Å². The summed E-state index contributed by atoms with van der Waals surface area (Å²) in [7, 11) is 1.77. The molecule has 14 nitrogen and oxygen atoms in total. The monoisotopic (exact) mass is 1170 g/mol. The van der Waals surface area contributed by atoms with Gasteiger partial charge in [0.25, 0.3) is 11.8 Å². The number of aromatic nitrogens is 2. The Labute approximate surface area is 501 Å². The molecule has 84 heavy (non-hydrogen) atoms. The van der Waals surface area contributed by atoms with Gasteiger partial charge in [0.2, 0.25) is 17.7 Å². The molecule has 0 spiro atoms. The smallest absolute Gasteiger partial charge is 0.251 e. The largest absolute Gasteiger partial charge is 0.347 e. The van der Waals surface area contributed by atoms with E-state index in [4.69, 9.17) is 9.97 Å². The first-order valence-electron chi connectivity index (χ1n) is 30.6. The number of Topliss-reactive ketones (excluding diaryl/α,β-unsaturated/α-hetero) is 1. The number of para-hydroxylation sites is 2. The number of hydrogen-bond donors (Lipinski definition) is 4. The Morgan fingerprint density at radius 2 is 1.04 bits per heavy atom. The zero-order valence-electron chi connectivity index (χ0n) is 48.7. The normalized spacial score (nSPS) is 21.0. The Kier molecular flexibility index (Phi) is 18.4. The number of rotatable bonds is 19. The van der Waals surface area contributed by atoms with E-state index in [0.29, 0.717) is 30.4 Å². The van der Waals surface area contributed by atoms with Crippen molar-refractivity contribution in [1.82, 2.24) is 41.0 Å². The fraction of sp³-hybridized carbons (Fsp3) is 0.441. The van der Waals surface area contributed by atoms with Crippen LogP contribution in [0, 0.1) is 23.7 Å². The van der Waals surface area contributed by atoms with Crippen LogP contribution in [0.25, 0.3) is 42.7 Å². The van der Waals surface area contributed by atoms with Gasteiger partial charge in [0, 0.05) is 65.7 Å². The molecule has 16 heteroatoms. The molecule has 4 aliphatic rings. The third-order valence-electron chi connectivity index (χ3n) is 18.5. The number of benzene rings is 5. The number of carbonyl (C=O) groups excluding carboxylic acids is 6. The molecule has 5 aromatic carbocycles. The topological polar surface area (TPSA) is 183 Å². The second kappa shape index (κ2) is 26.4. The quantitative estimate of drug-likeness (QED) is 0.0612. The summed E-state index contributed by atoms with van der Waals surface area (Å²) in [6.07, 6.45) is 11.4. The lowest BCUT2D eigenvalue weighted by molar-refractivity contribution is -0.141. The second-order valence-corrected chi connectivity index (χ2v) is 26.0. The zero-order chi connectivity index (χ0) is 58.4. The van der Waals surface area contributed by atoms with Gasteiger partial charge < -0.3 is 31.1 Å². The molecular formula is C68H78N8O6S2. The summed E-state index contributed by atoms with van der Waals surface area (Å²) >= 11 is 3.13. The van der Waals surface area contributed by atoms with Gasteiger partial charge in [-0.3, -0.25) is 28.8 Å². The molecule has 0 unspecified atom stereocenters. The SMILES string of the molecule is CC[C@@H](C)C(=O)N[C@H](C(=O)N1C[C@@H](NC(=O)c2ccc(C(=O)N[C@H]3C[C@@H](c4nc5c(-c6ccccc6)cccc5s4)N(C(=O)[C@@H](CC(=O)[C@H](C)NC)C4CCCCC4)C3)cc2)C[C@H]1c1nc2c(-c3ccccc3)cccc2s1)C1CCCCC1. The summed E-state index contributed by atoms with van der Waals surface area (Å²) in [6, 6.07) is 36.4. The molecule has 2 saturated heterocycles. The van der Waals surface area contributed by atoms with Crippen LogP contribution in [-0.4, -0.2) is 99.4 Å².